The summed E-state index contributed by atoms with van der Waals surface area (Å²) < 4.78 is 5.02. The fraction of sp³-hybridized carbons (Fsp3) is 0.471. The first-order chi connectivity index (χ1) is 11.2. The largest absolute Gasteiger partial charge is 0.340 e. The zero-order chi connectivity index (χ0) is 16.2. The molecular formula is C17H23ClN4O2. The van der Waals surface area contributed by atoms with Crippen molar-refractivity contribution >= 4 is 18.3 Å². The molecule has 1 aromatic heterocycles. The van der Waals surface area contributed by atoms with Crippen LogP contribution in [0.4, 0.5) is 0 Å². The maximum atomic E-state index is 12.6. The van der Waals surface area contributed by atoms with Gasteiger partial charge in [0.25, 0.3) is 5.91 Å². The van der Waals surface area contributed by atoms with Crippen molar-refractivity contribution in [3.05, 3.63) is 47.1 Å². The van der Waals surface area contributed by atoms with Crippen molar-refractivity contribution in [3.63, 3.8) is 0 Å². The predicted molar refractivity (Wildman–Crippen MR) is 92.9 cm³/mol. The molecule has 1 saturated heterocycles. The summed E-state index contributed by atoms with van der Waals surface area (Å²) >= 11 is 0. The highest BCUT2D eigenvalue weighted by molar-refractivity contribution is 5.94. The van der Waals surface area contributed by atoms with Gasteiger partial charge in [0.2, 0.25) is 5.89 Å². The molecule has 1 aliphatic heterocycles. The van der Waals surface area contributed by atoms with Gasteiger partial charge in [-0.05, 0) is 36.5 Å². The number of likely N-dealkylation sites (tertiary alicyclic amines) is 1. The molecule has 0 aliphatic carbocycles. The summed E-state index contributed by atoms with van der Waals surface area (Å²) in [6.45, 7) is 3.83. The number of carbonyl (C=O) groups excluding carboxylic acids is 1. The molecule has 1 aromatic carbocycles. The van der Waals surface area contributed by atoms with E-state index in [4.69, 9.17) is 10.3 Å². The second-order valence-corrected chi connectivity index (χ2v) is 6.09. The van der Waals surface area contributed by atoms with Crippen LogP contribution in [0, 0.1) is 12.8 Å². The van der Waals surface area contributed by atoms with Crippen LogP contribution in [0.25, 0.3) is 0 Å². The minimum absolute atomic E-state index is 0. The number of benzene rings is 1. The Bertz CT molecular complexity index is 671. The Morgan fingerprint density at radius 2 is 2.12 bits per heavy atom. The second kappa shape index (κ2) is 8.26. The molecular weight excluding hydrogens is 328 g/mol. The minimum atomic E-state index is 0. The van der Waals surface area contributed by atoms with Crippen LogP contribution in [-0.4, -0.2) is 34.0 Å². The van der Waals surface area contributed by atoms with Crippen LogP contribution in [0.5, 0.6) is 0 Å². The molecule has 0 saturated carbocycles. The molecule has 1 fully saturated rings. The highest BCUT2D eigenvalue weighted by Gasteiger charge is 2.25. The van der Waals surface area contributed by atoms with E-state index in [1.165, 1.54) is 0 Å². The molecule has 1 aliphatic rings. The van der Waals surface area contributed by atoms with E-state index in [1.54, 1.807) is 6.92 Å². The average molecular weight is 351 g/mol. The van der Waals surface area contributed by atoms with Gasteiger partial charge in [0, 0.05) is 38.5 Å². The number of piperidine rings is 1. The Kier molecular flexibility index (Phi) is 6.34. The van der Waals surface area contributed by atoms with Gasteiger partial charge in [-0.3, -0.25) is 4.79 Å². The van der Waals surface area contributed by atoms with E-state index in [-0.39, 0.29) is 18.3 Å². The summed E-state index contributed by atoms with van der Waals surface area (Å²) in [7, 11) is 0. The number of amides is 1. The van der Waals surface area contributed by atoms with Crippen molar-refractivity contribution in [2.75, 3.05) is 13.1 Å². The molecule has 7 heteroatoms. The van der Waals surface area contributed by atoms with E-state index < -0.39 is 0 Å². The van der Waals surface area contributed by atoms with Crippen molar-refractivity contribution in [2.24, 2.45) is 11.7 Å². The normalized spacial score (nSPS) is 17.4. The lowest BCUT2D eigenvalue weighted by Crippen LogP contribution is -2.40. The monoisotopic (exact) mass is 350 g/mol. The molecule has 2 N–H and O–H groups in total. The maximum absolute atomic E-state index is 12.6. The van der Waals surface area contributed by atoms with E-state index >= 15 is 0 Å². The SMILES string of the molecule is Cc1nc(CC2CCCN(C(=O)c3ccc(CN)cc3)C2)no1.Cl. The molecule has 130 valence electrons. The quantitative estimate of drug-likeness (QED) is 0.914. The highest BCUT2D eigenvalue weighted by Crippen LogP contribution is 2.21. The van der Waals surface area contributed by atoms with Gasteiger partial charge in [-0.15, -0.1) is 12.4 Å². The number of rotatable bonds is 4. The van der Waals surface area contributed by atoms with E-state index in [0.29, 0.717) is 18.4 Å². The van der Waals surface area contributed by atoms with Crippen molar-refractivity contribution in [1.29, 1.82) is 0 Å². The van der Waals surface area contributed by atoms with Gasteiger partial charge in [-0.25, -0.2) is 0 Å². The van der Waals surface area contributed by atoms with Gasteiger partial charge in [0.15, 0.2) is 5.82 Å². The zero-order valence-electron chi connectivity index (χ0n) is 13.8. The first-order valence-electron chi connectivity index (χ1n) is 8.03. The standard InChI is InChI=1S/C17H22N4O2.ClH/c1-12-19-16(20-23-12)9-14-3-2-8-21(11-14)17(22)15-6-4-13(10-18)5-7-15;/h4-7,14H,2-3,8-11,18H2,1H3;1H. The molecule has 0 bridgehead atoms. The first-order valence-corrected chi connectivity index (χ1v) is 8.03. The van der Waals surface area contributed by atoms with Gasteiger partial charge < -0.3 is 15.2 Å². The summed E-state index contributed by atoms with van der Waals surface area (Å²) in [5.74, 6) is 1.79. The molecule has 1 amide bonds. The van der Waals surface area contributed by atoms with E-state index in [0.717, 1.165) is 49.3 Å². The predicted octanol–water partition coefficient (Wildman–Crippen LogP) is 2.35. The summed E-state index contributed by atoms with van der Waals surface area (Å²) in [6, 6.07) is 7.54. The van der Waals surface area contributed by atoms with Crippen LogP contribution in [0.15, 0.2) is 28.8 Å². The first kappa shape index (κ1) is 18.4. The highest BCUT2D eigenvalue weighted by atomic mass is 35.5. The Labute approximate surface area is 147 Å². The third kappa shape index (κ3) is 4.33. The Morgan fingerprint density at radius 1 is 1.38 bits per heavy atom. The number of aromatic nitrogens is 2. The molecule has 3 rings (SSSR count). The molecule has 2 aromatic rings. The van der Waals surface area contributed by atoms with Crippen molar-refractivity contribution in [3.8, 4) is 0 Å². The lowest BCUT2D eigenvalue weighted by molar-refractivity contribution is 0.0672. The van der Waals surface area contributed by atoms with Crippen LogP contribution in [-0.2, 0) is 13.0 Å². The topological polar surface area (TPSA) is 85.2 Å². The van der Waals surface area contributed by atoms with Crippen molar-refractivity contribution in [2.45, 2.75) is 32.7 Å². The lowest BCUT2D eigenvalue weighted by Gasteiger charge is -2.32. The van der Waals surface area contributed by atoms with Gasteiger partial charge in [0.1, 0.15) is 0 Å². The molecule has 2 heterocycles. The van der Waals surface area contributed by atoms with Crippen LogP contribution in [0.2, 0.25) is 0 Å². The zero-order valence-corrected chi connectivity index (χ0v) is 14.6. The number of carbonyl (C=O) groups is 1. The number of hydrogen-bond acceptors (Lipinski definition) is 5. The summed E-state index contributed by atoms with van der Waals surface area (Å²) in [5, 5.41) is 3.96. The maximum Gasteiger partial charge on any atom is 0.253 e. The molecule has 6 nitrogen and oxygen atoms in total. The summed E-state index contributed by atoms with van der Waals surface area (Å²) in [4.78, 5) is 18.8. The number of halogens is 1. The van der Waals surface area contributed by atoms with Gasteiger partial charge in [-0.1, -0.05) is 17.3 Å². The Morgan fingerprint density at radius 3 is 2.75 bits per heavy atom. The number of aryl methyl sites for hydroxylation is 1. The lowest BCUT2D eigenvalue weighted by atomic mass is 9.94. The molecule has 1 atom stereocenters. The third-order valence-corrected chi connectivity index (χ3v) is 4.28. The fourth-order valence-corrected chi connectivity index (χ4v) is 3.06. The minimum Gasteiger partial charge on any atom is -0.340 e. The van der Waals surface area contributed by atoms with Gasteiger partial charge in [-0.2, -0.15) is 4.98 Å². The van der Waals surface area contributed by atoms with E-state index in [2.05, 4.69) is 10.1 Å². The summed E-state index contributed by atoms with van der Waals surface area (Å²) in [6.07, 6.45) is 2.85. The molecule has 24 heavy (non-hydrogen) atoms. The molecule has 0 spiro atoms. The van der Waals surface area contributed by atoms with E-state index in [1.807, 2.05) is 29.2 Å². The van der Waals surface area contributed by atoms with Crippen molar-refractivity contribution in [1.82, 2.24) is 15.0 Å². The van der Waals surface area contributed by atoms with Gasteiger partial charge in [0.05, 0.1) is 0 Å². The second-order valence-electron chi connectivity index (χ2n) is 6.09. The van der Waals surface area contributed by atoms with Gasteiger partial charge >= 0.3 is 0 Å². The van der Waals surface area contributed by atoms with Crippen LogP contribution >= 0.6 is 12.4 Å². The third-order valence-electron chi connectivity index (χ3n) is 4.28. The molecule has 1 unspecified atom stereocenters. The fourth-order valence-electron chi connectivity index (χ4n) is 3.06. The van der Waals surface area contributed by atoms with Crippen LogP contribution in [0.3, 0.4) is 0 Å². The average Bonchev–Trinajstić information content (AvgIpc) is 2.99. The smallest absolute Gasteiger partial charge is 0.253 e. The Hall–Kier alpha value is -1.92. The van der Waals surface area contributed by atoms with Crippen molar-refractivity contribution < 1.29 is 9.32 Å². The van der Waals surface area contributed by atoms with Crippen LogP contribution < -0.4 is 5.73 Å². The number of nitrogens with zero attached hydrogens (tertiary/aromatic N) is 3. The Balaban J connectivity index is 0.00000208. The van der Waals surface area contributed by atoms with E-state index in [9.17, 15) is 4.79 Å². The molecule has 0 radical (unpaired) electrons. The van der Waals surface area contributed by atoms with Crippen LogP contribution in [0.1, 0.15) is 40.5 Å². The number of nitrogens with two attached hydrogens (primary N) is 1. The summed E-state index contributed by atoms with van der Waals surface area (Å²) in [5.41, 5.74) is 7.35. The number of hydrogen-bond donors (Lipinski definition) is 1.